The highest BCUT2D eigenvalue weighted by molar-refractivity contribution is 4.88. The van der Waals surface area contributed by atoms with E-state index in [4.69, 9.17) is 0 Å². The lowest BCUT2D eigenvalue weighted by atomic mass is 9.81. The standard InChI is InChI=1S/C14H28N2/c1-11(9-12-5-4-6-12)15-10-14(16(2)3)13-7-8-13/h11-15H,4-10H2,1-3H3. The van der Waals surface area contributed by atoms with Gasteiger partial charge >= 0.3 is 0 Å². The first-order valence-electron chi connectivity index (χ1n) is 7.06. The number of nitrogens with zero attached hydrogens (tertiary/aromatic N) is 1. The molecule has 2 atom stereocenters. The minimum Gasteiger partial charge on any atom is -0.313 e. The summed E-state index contributed by atoms with van der Waals surface area (Å²) in [6.45, 7) is 3.55. The first kappa shape index (κ1) is 12.4. The van der Waals surface area contributed by atoms with E-state index in [1.807, 2.05) is 0 Å². The normalized spacial score (nSPS) is 25.5. The van der Waals surface area contributed by atoms with Crippen molar-refractivity contribution in [1.29, 1.82) is 0 Å². The number of likely N-dealkylation sites (N-methyl/N-ethyl adjacent to an activating group) is 1. The maximum Gasteiger partial charge on any atom is 0.0242 e. The zero-order chi connectivity index (χ0) is 11.5. The molecule has 0 saturated heterocycles. The quantitative estimate of drug-likeness (QED) is 0.715. The summed E-state index contributed by atoms with van der Waals surface area (Å²) < 4.78 is 0. The highest BCUT2D eigenvalue weighted by Gasteiger charge is 2.32. The van der Waals surface area contributed by atoms with Crippen LogP contribution in [-0.2, 0) is 0 Å². The van der Waals surface area contributed by atoms with Crippen LogP contribution in [0.2, 0.25) is 0 Å². The molecule has 94 valence electrons. The van der Waals surface area contributed by atoms with E-state index in [-0.39, 0.29) is 0 Å². The molecular weight excluding hydrogens is 196 g/mol. The van der Waals surface area contributed by atoms with Crippen LogP contribution in [0.25, 0.3) is 0 Å². The Morgan fingerprint density at radius 1 is 1.19 bits per heavy atom. The third-order valence-electron chi connectivity index (χ3n) is 4.42. The molecule has 2 aliphatic rings. The van der Waals surface area contributed by atoms with Crippen LogP contribution in [0.4, 0.5) is 0 Å². The molecule has 1 N–H and O–H groups in total. The van der Waals surface area contributed by atoms with Gasteiger partial charge in [-0.15, -0.1) is 0 Å². The minimum absolute atomic E-state index is 0.714. The van der Waals surface area contributed by atoms with E-state index < -0.39 is 0 Å². The summed E-state index contributed by atoms with van der Waals surface area (Å²) in [4.78, 5) is 2.40. The van der Waals surface area contributed by atoms with E-state index in [1.54, 1.807) is 0 Å². The maximum atomic E-state index is 3.74. The summed E-state index contributed by atoms with van der Waals surface area (Å²) in [6, 6.07) is 1.48. The van der Waals surface area contributed by atoms with Gasteiger partial charge in [0.15, 0.2) is 0 Å². The fourth-order valence-corrected chi connectivity index (χ4v) is 2.89. The van der Waals surface area contributed by atoms with E-state index in [1.165, 1.54) is 45.1 Å². The lowest BCUT2D eigenvalue weighted by Crippen LogP contribution is -2.43. The average Bonchev–Trinajstić information content (AvgIpc) is 2.95. The molecule has 2 nitrogen and oxygen atoms in total. The van der Waals surface area contributed by atoms with Crippen LogP contribution in [0.15, 0.2) is 0 Å². The molecule has 0 amide bonds. The van der Waals surface area contributed by atoms with Gasteiger partial charge < -0.3 is 10.2 Å². The molecule has 0 aromatic carbocycles. The number of hydrogen-bond donors (Lipinski definition) is 1. The molecule has 0 spiro atoms. The summed E-state index contributed by atoms with van der Waals surface area (Å²) in [5.41, 5.74) is 0. The van der Waals surface area contributed by atoms with E-state index in [2.05, 4.69) is 31.2 Å². The van der Waals surface area contributed by atoms with Crippen LogP contribution >= 0.6 is 0 Å². The maximum absolute atomic E-state index is 3.74. The monoisotopic (exact) mass is 224 g/mol. The molecule has 2 rings (SSSR count). The Morgan fingerprint density at radius 2 is 1.88 bits per heavy atom. The molecule has 0 aromatic rings. The first-order valence-corrected chi connectivity index (χ1v) is 7.06. The van der Waals surface area contributed by atoms with Gasteiger partial charge in [0, 0.05) is 18.6 Å². The third kappa shape index (κ3) is 3.46. The van der Waals surface area contributed by atoms with E-state index >= 15 is 0 Å². The SMILES string of the molecule is CC(CC1CCC1)NCC(C1CC1)N(C)C. The van der Waals surface area contributed by atoms with Crippen molar-refractivity contribution in [2.45, 2.75) is 57.5 Å². The highest BCUT2D eigenvalue weighted by atomic mass is 15.1. The average molecular weight is 224 g/mol. The Hall–Kier alpha value is -0.0800. The lowest BCUT2D eigenvalue weighted by Gasteiger charge is -2.31. The van der Waals surface area contributed by atoms with Gasteiger partial charge in [-0.3, -0.25) is 0 Å². The lowest BCUT2D eigenvalue weighted by molar-refractivity contribution is 0.228. The van der Waals surface area contributed by atoms with E-state index in [0.717, 1.165) is 17.9 Å². The molecule has 0 bridgehead atoms. The van der Waals surface area contributed by atoms with Crippen molar-refractivity contribution in [3.8, 4) is 0 Å². The second-order valence-corrected chi connectivity index (χ2v) is 6.21. The topological polar surface area (TPSA) is 15.3 Å². The van der Waals surface area contributed by atoms with Gasteiger partial charge in [0.1, 0.15) is 0 Å². The van der Waals surface area contributed by atoms with Gasteiger partial charge in [0.2, 0.25) is 0 Å². The van der Waals surface area contributed by atoms with Gasteiger partial charge in [-0.25, -0.2) is 0 Å². The van der Waals surface area contributed by atoms with Gasteiger partial charge in [-0.2, -0.15) is 0 Å². The van der Waals surface area contributed by atoms with Crippen molar-refractivity contribution in [1.82, 2.24) is 10.2 Å². The van der Waals surface area contributed by atoms with Crippen molar-refractivity contribution >= 4 is 0 Å². The zero-order valence-electron chi connectivity index (χ0n) is 11.2. The van der Waals surface area contributed by atoms with Crippen LogP contribution in [0, 0.1) is 11.8 Å². The minimum atomic E-state index is 0.714. The molecule has 2 saturated carbocycles. The van der Waals surface area contributed by atoms with Crippen molar-refractivity contribution in [2.75, 3.05) is 20.6 Å². The molecule has 2 unspecified atom stereocenters. The van der Waals surface area contributed by atoms with Crippen molar-refractivity contribution < 1.29 is 0 Å². The number of hydrogen-bond acceptors (Lipinski definition) is 2. The fraction of sp³-hybridized carbons (Fsp3) is 1.00. The molecular formula is C14H28N2. The largest absolute Gasteiger partial charge is 0.313 e. The molecule has 0 aromatic heterocycles. The molecule has 0 aliphatic heterocycles. The zero-order valence-corrected chi connectivity index (χ0v) is 11.2. The van der Waals surface area contributed by atoms with Crippen LogP contribution in [0.3, 0.4) is 0 Å². The Kier molecular flexibility index (Phi) is 4.26. The smallest absolute Gasteiger partial charge is 0.0242 e. The summed E-state index contributed by atoms with van der Waals surface area (Å²) >= 11 is 0. The van der Waals surface area contributed by atoms with Crippen molar-refractivity contribution in [3.05, 3.63) is 0 Å². The second-order valence-electron chi connectivity index (χ2n) is 6.21. The van der Waals surface area contributed by atoms with Crippen molar-refractivity contribution in [2.24, 2.45) is 11.8 Å². The van der Waals surface area contributed by atoms with Gasteiger partial charge in [-0.05, 0) is 52.1 Å². The van der Waals surface area contributed by atoms with Crippen LogP contribution in [0.5, 0.6) is 0 Å². The predicted octanol–water partition coefficient (Wildman–Crippen LogP) is 2.49. The van der Waals surface area contributed by atoms with Crippen LogP contribution in [0.1, 0.15) is 45.4 Å². The second kappa shape index (κ2) is 5.50. The van der Waals surface area contributed by atoms with Gasteiger partial charge in [-0.1, -0.05) is 19.3 Å². The Labute approximate surface area is 101 Å². The van der Waals surface area contributed by atoms with Gasteiger partial charge in [0.25, 0.3) is 0 Å². The van der Waals surface area contributed by atoms with Crippen molar-refractivity contribution in [3.63, 3.8) is 0 Å². The molecule has 16 heavy (non-hydrogen) atoms. The molecule has 0 radical (unpaired) electrons. The molecule has 2 heteroatoms. The van der Waals surface area contributed by atoms with Crippen LogP contribution < -0.4 is 5.32 Å². The summed E-state index contributed by atoms with van der Waals surface area (Å²) in [5.74, 6) is 2.00. The van der Waals surface area contributed by atoms with E-state index in [0.29, 0.717) is 6.04 Å². The molecule has 0 heterocycles. The fourth-order valence-electron chi connectivity index (χ4n) is 2.89. The Bertz CT molecular complexity index is 205. The predicted molar refractivity (Wildman–Crippen MR) is 69.6 cm³/mol. The summed E-state index contributed by atoms with van der Waals surface area (Å²) in [5, 5.41) is 3.74. The Balaban J connectivity index is 1.63. The van der Waals surface area contributed by atoms with Gasteiger partial charge in [0.05, 0.1) is 0 Å². The molecule has 2 fully saturated rings. The van der Waals surface area contributed by atoms with Crippen LogP contribution in [-0.4, -0.2) is 37.6 Å². The Morgan fingerprint density at radius 3 is 2.31 bits per heavy atom. The number of rotatable bonds is 7. The summed E-state index contributed by atoms with van der Waals surface area (Å²) in [7, 11) is 4.45. The molecule has 2 aliphatic carbocycles. The highest BCUT2D eigenvalue weighted by Crippen LogP contribution is 2.34. The number of nitrogens with one attached hydrogen (secondary N) is 1. The third-order valence-corrected chi connectivity index (χ3v) is 4.42. The van der Waals surface area contributed by atoms with E-state index in [9.17, 15) is 0 Å². The first-order chi connectivity index (χ1) is 7.66. The summed E-state index contributed by atoms with van der Waals surface area (Å²) in [6.07, 6.45) is 8.71.